The molecule has 0 radical (unpaired) electrons. The van der Waals surface area contributed by atoms with Gasteiger partial charge in [0.1, 0.15) is 0 Å². The number of esters is 1. The maximum atomic E-state index is 12.7. The van der Waals surface area contributed by atoms with Crippen LogP contribution in [0, 0.1) is 0 Å². The minimum atomic E-state index is -4.57. The number of hydrogen-bond acceptors (Lipinski definition) is 4. The second-order valence-corrected chi connectivity index (χ2v) is 4.22. The molecule has 0 atom stereocenters. The van der Waals surface area contributed by atoms with Gasteiger partial charge in [0.15, 0.2) is 11.5 Å². The highest BCUT2D eigenvalue weighted by Crippen LogP contribution is 2.32. The fourth-order valence-electron chi connectivity index (χ4n) is 1.77. The standard InChI is InChI=1S/C14H12F3N3O2/c1-3-22-13(21)9-4-6-10(7-5-9)20-12(18-2)8-11(19-20)14(15,16)17/h4-8H,2-3H2,1H3. The molecule has 0 amide bonds. The number of alkyl halides is 3. The molecule has 0 saturated heterocycles. The van der Waals surface area contributed by atoms with E-state index in [4.69, 9.17) is 4.74 Å². The Morgan fingerprint density at radius 1 is 1.36 bits per heavy atom. The zero-order valence-electron chi connectivity index (χ0n) is 11.6. The number of benzene rings is 1. The van der Waals surface area contributed by atoms with Crippen LogP contribution in [0.1, 0.15) is 23.0 Å². The first-order valence-corrected chi connectivity index (χ1v) is 6.28. The van der Waals surface area contributed by atoms with Crippen LogP contribution in [0.3, 0.4) is 0 Å². The van der Waals surface area contributed by atoms with Gasteiger partial charge in [0.05, 0.1) is 17.9 Å². The minimum absolute atomic E-state index is 0.0452. The van der Waals surface area contributed by atoms with Gasteiger partial charge in [-0.2, -0.15) is 18.3 Å². The summed E-state index contributed by atoms with van der Waals surface area (Å²) in [5.74, 6) is -0.552. The number of carbonyl (C=O) groups excluding carboxylic acids is 1. The summed E-state index contributed by atoms with van der Waals surface area (Å²) in [5, 5.41) is 3.48. The van der Waals surface area contributed by atoms with E-state index in [1.807, 2.05) is 0 Å². The Labute approximate surface area is 124 Å². The lowest BCUT2D eigenvalue weighted by Crippen LogP contribution is -2.08. The Morgan fingerprint density at radius 3 is 2.50 bits per heavy atom. The monoisotopic (exact) mass is 311 g/mol. The van der Waals surface area contributed by atoms with E-state index in [0.717, 1.165) is 10.7 Å². The molecular formula is C14H12F3N3O2. The molecule has 0 aliphatic rings. The lowest BCUT2D eigenvalue weighted by Gasteiger charge is -2.06. The van der Waals surface area contributed by atoms with Crippen molar-refractivity contribution in [2.45, 2.75) is 13.1 Å². The highest BCUT2D eigenvalue weighted by Gasteiger charge is 2.35. The highest BCUT2D eigenvalue weighted by molar-refractivity contribution is 5.89. The van der Waals surface area contributed by atoms with Crippen LogP contribution in [0.2, 0.25) is 0 Å². The Hall–Kier alpha value is -2.64. The van der Waals surface area contributed by atoms with Gasteiger partial charge in [0.25, 0.3) is 0 Å². The Morgan fingerprint density at radius 2 is 2.00 bits per heavy atom. The van der Waals surface area contributed by atoms with Gasteiger partial charge in [-0.15, -0.1) is 0 Å². The molecule has 8 heteroatoms. The molecular weight excluding hydrogens is 299 g/mol. The molecule has 1 heterocycles. The summed E-state index contributed by atoms with van der Waals surface area (Å²) in [7, 11) is 0. The van der Waals surface area contributed by atoms with Crippen LogP contribution in [-0.2, 0) is 10.9 Å². The van der Waals surface area contributed by atoms with E-state index >= 15 is 0 Å². The summed E-state index contributed by atoms with van der Waals surface area (Å²) in [4.78, 5) is 15.1. The quantitative estimate of drug-likeness (QED) is 0.642. The van der Waals surface area contributed by atoms with Crippen LogP contribution in [-0.4, -0.2) is 29.1 Å². The second kappa shape index (κ2) is 6.00. The first-order valence-electron chi connectivity index (χ1n) is 6.28. The third kappa shape index (κ3) is 3.16. The predicted molar refractivity (Wildman–Crippen MR) is 73.7 cm³/mol. The van der Waals surface area contributed by atoms with Crippen molar-refractivity contribution in [2.24, 2.45) is 4.99 Å². The van der Waals surface area contributed by atoms with Crippen LogP contribution in [0.5, 0.6) is 0 Å². The molecule has 0 N–H and O–H groups in total. The molecule has 2 aromatic rings. The topological polar surface area (TPSA) is 56.5 Å². The molecule has 0 aliphatic carbocycles. The van der Waals surface area contributed by atoms with E-state index in [2.05, 4.69) is 16.8 Å². The maximum absolute atomic E-state index is 12.7. The second-order valence-electron chi connectivity index (χ2n) is 4.22. The predicted octanol–water partition coefficient (Wildman–Crippen LogP) is 3.40. The van der Waals surface area contributed by atoms with Crippen molar-refractivity contribution in [3.63, 3.8) is 0 Å². The summed E-state index contributed by atoms with van der Waals surface area (Å²) in [5.41, 5.74) is -0.447. The van der Waals surface area contributed by atoms with Gasteiger partial charge in [-0.25, -0.2) is 14.5 Å². The third-order valence-corrected chi connectivity index (χ3v) is 2.77. The molecule has 0 fully saturated rings. The molecule has 0 spiro atoms. The Balaban J connectivity index is 2.38. The fraction of sp³-hybridized carbons (Fsp3) is 0.214. The molecule has 0 bridgehead atoms. The van der Waals surface area contributed by atoms with Gasteiger partial charge < -0.3 is 4.74 Å². The number of aromatic nitrogens is 2. The zero-order chi connectivity index (χ0) is 16.3. The van der Waals surface area contributed by atoms with Crippen molar-refractivity contribution >= 4 is 18.5 Å². The van der Waals surface area contributed by atoms with Crippen LogP contribution in [0.15, 0.2) is 35.3 Å². The van der Waals surface area contributed by atoms with Crippen LogP contribution in [0.25, 0.3) is 5.69 Å². The molecule has 1 aromatic carbocycles. The average molecular weight is 311 g/mol. The number of rotatable bonds is 4. The summed E-state index contributed by atoms with van der Waals surface area (Å²) in [6.07, 6.45) is -4.57. The smallest absolute Gasteiger partial charge is 0.435 e. The number of carbonyl (C=O) groups is 1. The highest BCUT2D eigenvalue weighted by atomic mass is 19.4. The number of nitrogens with zero attached hydrogens (tertiary/aromatic N) is 3. The van der Waals surface area contributed by atoms with Gasteiger partial charge >= 0.3 is 12.1 Å². The van der Waals surface area contributed by atoms with Crippen molar-refractivity contribution in [2.75, 3.05) is 6.61 Å². The van der Waals surface area contributed by atoms with Crippen molar-refractivity contribution in [1.82, 2.24) is 9.78 Å². The number of aliphatic imine (C=N–C) groups is 1. The molecule has 0 saturated carbocycles. The molecule has 0 aliphatic heterocycles. The first kappa shape index (κ1) is 15.7. The number of halogens is 3. The summed E-state index contributed by atoms with van der Waals surface area (Å²) >= 11 is 0. The molecule has 1 aromatic heterocycles. The Kier molecular flexibility index (Phi) is 4.30. The largest absolute Gasteiger partial charge is 0.462 e. The summed E-state index contributed by atoms with van der Waals surface area (Å²) in [6.45, 7) is 5.14. The van der Waals surface area contributed by atoms with E-state index in [1.165, 1.54) is 24.3 Å². The van der Waals surface area contributed by atoms with E-state index in [0.29, 0.717) is 11.3 Å². The third-order valence-electron chi connectivity index (χ3n) is 2.77. The maximum Gasteiger partial charge on any atom is 0.435 e. The van der Waals surface area contributed by atoms with E-state index in [9.17, 15) is 18.0 Å². The van der Waals surface area contributed by atoms with Gasteiger partial charge in [0.2, 0.25) is 0 Å². The molecule has 0 unspecified atom stereocenters. The fourth-order valence-corrected chi connectivity index (χ4v) is 1.77. The van der Waals surface area contributed by atoms with Crippen molar-refractivity contribution in [3.05, 3.63) is 41.6 Å². The molecule has 116 valence electrons. The zero-order valence-corrected chi connectivity index (χ0v) is 11.6. The van der Waals surface area contributed by atoms with Crippen molar-refractivity contribution in [3.8, 4) is 5.69 Å². The van der Waals surface area contributed by atoms with Crippen molar-refractivity contribution in [1.29, 1.82) is 0 Å². The lowest BCUT2D eigenvalue weighted by atomic mass is 10.2. The SMILES string of the molecule is C=Nc1cc(C(F)(F)F)nn1-c1ccc(C(=O)OCC)cc1. The van der Waals surface area contributed by atoms with Gasteiger partial charge in [-0.05, 0) is 37.9 Å². The summed E-state index contributed by atoms with van der Waals surface area (Å²) < 4.78 is 43.9. The number of hydrogen-bond donors (Lipinski definition) is 0. The Bertz CT molecular complexity index is 690. The molecule has 2 rings (SSSR count). The first-order chi connectivity index (χ1) is 10.4. The summed E-state index contributed by atoms with van der Waals surface area (Å²) in [6, 6.07) is 6.58. The molecule has 5 nitrogen and oxygen atoms in total. The van der Waals surface area contributed by atoms with Gasteiger partial charge in [-0.3, -0.25) is 0 Å². The average Bonchev–Trinajstić information content (AvgIpc) is 2.92. The van der Waals surface area contributed by atoms with E-state index in [-0.39, 0.29) is 12.4 Å². The molecule has 22 heavy (non-hydrogen) atoms. The van der Waals surface area contributed by atoms with Gasteiger partial charge in [-0.1, -0.05) is 0 Å². The van der Waals surface area contributed by atoms with Gasteiger partial charge in [0, 0.05) is 6.07 Å². The lowest BCUT2D eigenvalue weighted by molar-refractivity contribution is -0.141. The van der Waals surface area contributed by atoms with Crippen molar-refractivity contribution < 1.29 is 22.7 Å². The minimum Gasteiger partial charge on any atom is -0.462 e. The normalized spacial score (nSPS) is 11.3. The van der Waals surface area contributed by atoms with Crippen LogP contribution >= 0.6 is 0 Å². The van der Waals surface area contributed by atoms with Crippen LogP contribution < -0.4 is 0 Å². The van der Waals surface area contributed by atoms with Crippen LogP contribution in [0.4, 0.5) is 19.0 Å². The van der Waals surface area contributed by atoms with E-state index in [1.54, 1.807) is 6.92 Å². The van der Waals surface area contributed by atoms with E-state index < -0.39 is 17.8 Å². The number of ether oxygens (including phenoxy) is 1.